The highest BCUT2D eigenvalue weighted by molar-refractivity contribution is 5.64. The van der Waals surface area contributed by atoms with Gasteiger partial charge in [-0.25, -0.2) is 0 Å². The summed E-state index contributed by atoms with van der Waals surface area (Å²) in [5.74, 6) is 0. The summed E-state index contributed by atoms with van der Waals surface area (Å²) >= 11 is 0. The molecule has 5 nitrogen and oxygen atoms in total. The largest absolute Gasteiger partial charge is 0.393 e. The molecular weight excluding hydrogens is 182 g/mol. The number of para-hydroxylation sites is 1. The highest BCUT2D eigenvalue weighted by Gasteiger charge is 2.24. The quantitative estimate of drug-likeness (QED) is 0.420. The van der Waals surface area contributed by atoms with Crippen molar-refractivity contribution in [1.82, 2.24) is 5.32 Å². The van der Waals surface area contributed by atoms with Crippen LogP contribution in [0.15, 0.2) is 18.2 Å². The molecule has 14 heavy (non-hydrogen) atoms. The third-order valence-corrected chi connectivity index (χ3v) is 2.51. The van der Waals surface area contributed by atoms with Crippen LogP contribution in [0.1, 0.15) is 18.0 Å². The normalized spacial score (nSPS) is 20.1. The molecule has 1 aliphatic heterocycles. The van der Waals surface area contributed by atoms with Crippen LogP contribution in [0.3, 0.4) is 0 Å². The molecule has 5 heteroatoms. The summed E-state index contributed by atoms with van der Waals surface area (Å²) in [6, 6.07) is 5.12. The van der Waals surface area contributed by atoms with Gasteiger partial charge in [-0.2, -0.15) is 0 Å². The van der Waals surface area contributed by atoms with E-state index in [-0.39, 0.29) is 17.4 Å². The average Bonchev–Trinajstić information content (AvgIpc) is 2.04. The van der Waals surface area contributed by atoms with Crippen LogP contribution in [0, 0.1) is 10.1 Å². The van der Waals surface area contributed by atoms with Crippen LogP contribution >= 0.6 is 0 Å². The molecule has 1 aromatic carbocycles. The minimum atomic E-state index is -0.447. The molecule has 2 rings (SSSR count). The lowest BCUT2D eigenvalue weighted by Crippen LogP contribution is -2.35. The summed E-state index contributed by atoms with van der Waals surface area (Å²) in [5.41, 5.74) is 6.83. The van der Waals surface area contributed by atoms with Crippen LogP contribution < -0.4 is 11.1 Å². The Bertz CT molecular complexity index is 374. The van der Waals surface area contributed by atoms with E-state index in [1.165, 1.54) is 6.07 Å². The first-order valence-corrected chi connectivity index (χ1v) is 4.46. The van der Waals surface area contributed by atoms with E-state index in [0.717, 1.165) is 18.5 Å². The second-order valence-corrected chi connectivity index (χ2v) is 3.33. The molecule has 1 atom stereocenters. The Morgan fingerprint density at radius 1 is 1.57 bits per heavy atom. The number of nitrogen functional groups attached to an aromatic ring is 1. The number of hydrogen-bond donors (Lipinski definition) is 2. The predicted octanol–water partition coefficient (Wildman–Crippen LogP) is 1.21. The van der Waals surface area contributed by atoms with Crippen molar-refractivity contribution in [3.8, 4) is 0 Å². The van der Waals surface area contributed by atoms with Gasteiger partial charge in [0.25, 0.3) is 5.69 Å². The van der Waals surface area contributed by atoms with Gasteiger partial charge in [0.15, 0.2) is 0 Å². The fourth-order valence-electron chi connectivity index (χ4n) is 1.59. The molecule has 0 bridgehead atoms. The minimum Gasteiger partial charge on any atom is -0.393 e. The van der Waals surface area contributed by atoms with E-state index < -0.39 is 4.92 Å². The Labute approximate surface area is 81.1 Å². The van der Waals surface area contributed by atoms with Gasteiger partial charge in [-0.1, -0.05) is 12.1 Å². The number of nitro groups is 1. The SMILES string of the molecule is Nc1c([C@H]2CCN2)cccc1[N+](=O)[O-]. The van der Waals surface area contributed by atoms with Crippen molar-refractivity contribution in [3.63, 3.8) is 0 Å². The highest BCUT2D eigenvalue weighted by atomic mass is 16.6. The van der Waals surface area contributed by atoms with Crippen molar-refractivity contribution in [2.24, 2.45) is 0 Å². The number of nitrogens with one attached hydrogen (secondary N) is 1. The van der Waals surface area contributed by atoms with Crippen LogP contribution in [-0.4, -0.2) is 11.5 Å². The molecule has 1 aromatic rings. The van der Waals surface area contributed by atoms with Crippen LogP contribution in [0.5, 0.6) is 0 Å². The molecule has 0 aromatic heterocycles. The summed E-state index contributed by atoms with van der Waals surface area (Å²) < 4.78 is 0. The van der Waals surface area contributed by atoms with Crippen molar-refractivity contribution < 1.29 is 4.92 Å². The zero-order chi connectivity index (χ0) is 10.1. The number of rotatable bonds is 2. The molecule has 3 N–H and O–H groups in total. The molecular formula is C9H11N3O2. The molecule has 0 radical (unpaired) electrons. The van der Waals surface area contributed by atoms with Gasteiger partial charge in [-0.3, -0.25) is 10.1 Å². The number of nitrogens with two attached hydrogens (primary N) is 1. The minimum absolute atomic E-state index is 0.00352. The van der Waals surface area contributed by atoms with E-state index in [4.69, 9.17) is 5.73 Å². The molecule has 1 fully saturated rings. The van der Waals surface area contributed by atoms with Gasteiger partial charge < -0.3 is 11.1 Å². The van der Waals surface area contributed by atoms with Crippen LogP contribution in [0.25, 0.3) is 0 Å². The molecule has 1 heterocycles. The zero-order valence-corrected chi connectivity index (χ0v) is 7.56. The Kier molecular flexibility index (Phi) is 2.09. The van der Waals surface area contributed by atoms with Gasteiger partial charge in [-0.05, 0) is 18.5 Å². The first-order valence-electron chi connectivity index (χ1n) is 4.46. The summed E-state index contributed by atoms with van der Waals surface area (Å²) in [7, 11) is 0. The van der Waals surface area contributed by atoms with Gasteiger partial charge >= 0.3 is 0 Å². The van der Waals surface area contributed by atoms with E-state index >= 15 is 0 Å². The van der Waals surface area contributed by atoms with Crippen LogP contribution in [0.2, 0.25) is 0 Å². The Hall–Kier alpha value is -1.62. The molecule has 74 valence electrons. The van der Waals surface area contributed by atoms with Gasteiger partial charge in [0.1, 0.15) is 5.69 Å². The topological polar surface area (TPSA) is 81.2 Å². The first kappa shape index (κ1) is 8.96. The van der Waals surface area contributed by atoms with Gasteiger partial charge in [0.05, 0.1) is 4.92 Å². The van der Waals surface area contributed by atoms with Gasteiger partial charge in [0.2, 0.25) is 0 Å². The molecule has 0 spiro atoms. The Balaban J connectivity index is 2.40. The third kappa shape index (κ3) is 1.31. The maximum absolute atomic E-state index is 10.6. The molecule has 0 unspecified atom stereocenters. The maximum Gasteiger partial charge on any atom is 0.292 e. The summed E-state index contributed by atoms with van der Waals surface area (Å²) in [4.78, 5) is 10.2. The van der Waals surface area contributed by atoms with Crippen molar-refractivity contribution in [2.75, 3.05) is 12.3 Å². The fraction of sp³-hybridized carbons (Fsp3) is 0.333. The average molecular weight is 193 g/mol. The lowest BCUT2D eigenvalue weighted by Gasteiger charge is -2.28. The monoisotopic (exact) mass is 193 g/mol. The van der Waals surface area contributed by atoms with Crippen molar-refractivity contribution in [3.05, 3.63) is 33.9 Å². The number of hydrogen-bond acceptors (Lipinski definition) is 4. The molecule has 0 saturated carbocycles. The summed E-state index contributed by atoms with van der Waals surface area (Å²) in [5, 5.41) is 13.8. The Morgan fingerprint density at radius 2 is 2.29 bits per heavy atom. The lowest BCUT2D eigenvalue weighted by molar-refractivity contribution is -0.384. The Morgan fingerprint density at radius 3 is 2.79 bits per heavy atom. The highest BCUT2D eigenvalue weighted by Crippen LogP contribution is 2.33. The second-order valence-electron chi connectivity index (χ2n) is 3.33. The van der Waals surface area contributed by atoms with Gasteiger partial charge in [-0.15, -0.1) is 0 Å². The smallest absolute Gasteiger partial charge is 0.292 e. The number of benzene rings is 1. The molecule has 0 amide bonds. The summed E-state index contributed by atoms with van der Waals surface area (Å²) in [6.07, 6.45) is 0.991. The van der Waals surface area contributed by atoms with Crippen molar-refractivity contribution in [2.45, 2.75) is 12.5 Å². The molecule has 1 saturated heterocycles. The van der Waals surface area contributed by atoms with Gasteiger partial charge in [0, 0.05) is 12.1 Å². The lowest BCUT2D eigenvalue weighted by atomic mass is 9.96. The predicted molar refractivity (Wildman–Crippen MR) is 52.9 cm³/mol. The van der Waals surface area contributed by atoms with Crippen molar-refractivity contribution in [1.29, 1.82) is 0 Å². The number of nitrogens with zero attached hydrogens (tertiary/aromatic N) is 1. The maximum atomic E-state index is 10.6. The van der Waals surface area contributed by atoms with Crippen LogP contribution in [0.4, 0.5) is 11.4 Å². The fourth-order valence-corrected chi connectivity index (χ4v) is 1.59. The van der Waals surface area contributed by atoms with E-state index in [1.807, 2.05) is 6.07 Å². The standard InChI is InChI=1S/C9H11N3O2/c10-9-6(7-4-5-11-7)2-1-3-8(9)12(13)14/h1-3,7,11H,4-5,10H2/t7-/m1/s1. The zero-order valence-electron chi connectivity index (χ0n) is 7.56. The van der Waals surface area contributed by atoms with Crippen LogP contribution in [-0.2, 0) is 0 Å². The molecule has 1 aliphatic rings. The number of nitro benzene ring substituents is 1. The second kappa shape index (κ2) is 3.26. The third-order valence-electron chi connectivity index (χ3n) is 2.51. The van der Waals surface area contributed by atoms with E-state index in [1.54, 1.807) is 6.07 Å². The first-order chi connectivity index (χ1) is 6.70. The molecule has 0 aliphatic carbocycles. The number of anilines is 1. The van der Waals surface area contributed by atoms with Crippen molar-refractivity contribution >= 4 is 11.4 Å². The van der Waals surface area contributed by atoms with E-state index in [0.29, 0.717) is 0 Å². The van der Waals surface area contributed by atoms with E-state index in [9.17, 15) is 10.1 Å². The summed E-state index contributed by atoms with van der Waals surface area (Å²) in [6.45, 7) is 0.951. The van der Waals surface area contributed by atoms with E-state index in [2.05, 4.69) is 5.32 Å².